The summed E-state index contributed by atoms with van der Waals surface area (Å²) < 4.78 is 5.67. The maximum Gasteiger partial charge on any atom is 0.224 e. The van der Waals surface area contributed by atoms with Crippen molar-refractivity contribution in [3.05, 3.63) is 24.1 Å². The predicted octanol–water partition coefficient (Wildman–Crippen LogP) is 4.08. The minimum Gasteiger partial charge on any atom is -0.440 e. The van der Waals surface area contributed by atoms with E-state index in [1.165, 1.54) is 0 Å². The smallest absolute Gasteiger partial charge is 0.224 e. The van der Waals surface area contributed by atoms with E-state index in [1.807, 2.05) is 32.0 Å². The summed E-state index contributed by atoms with van der Waals surface area (Å²) in [5.41, 5.74) is 2.31. The Morgan fingerprint density at radius 2 is 2.21 bits per heavy atom. The SMILES string of the molecule is CCCCC(=O)Nc1ccc2nc(C(C)C)oc2c1. The lowest BCUT2D eigenvalue weighted by Crippen LogP contribution is -2.10. The zero-order valence-electron chi connectivity index (χ0n) is 11.7. The Kier molecular flexibility index (Phi) is 4.20. The van der Waals surface area contributed by atoms with E-state index in [0.717, 1.165) is 35.5 Å². The molecule has 4 heteroatoms. The number of unbranched alkanes of at least 4 members (excludes halogenated alkanes) is 1. The summed E-state index contributed by atoms with van der Waals surface area (Å²) in [6, 6.07) is 5.57. The molecule has 19 heavy (non-hydrogen) atoms. The van der Waals surface area contributed by atoms with Gasteiger partial charge in [0.05, 0.1) is 0 Å². The fourth-order valence-electron chi connectivity index (χ4n) is 1.83. The van der Waals surface area contributed by atoms with Crippen molar-refractivity contribution < 1.29 is 9.21 Å². The minimum atomic E-state index is 0.0461. The monoisotopic (exact) mass is 260 g/mol. The Bertz CT molecular complexity index is 573. The van der Waals surface area contributed by atoms with E-state index < -0.39 is 0 Å². The molecule has 1 aromatic heterocycles. The zero-order chi connectivity index (χ0) is 13.8. The minimum absolute atomic E-state index is 0.0461. The molecule has 1 heterocycles. The van der Waals surface area contributed by atoms with Gasteiger partial charge in [0, 0.05) is 24.1 Å². The van der Waals surface area contributed by atoms with Crippen LogP contribution in [0.25, 0.3) is 11.1 Å². The molecule has 0 spiro atoms. The third-order valence-electron chi connectivity index (χ3n) is 2.94. The average Bonchev–Trinajstić information content (AvgIpc) is 2.79. The van der Waals surface area contributed by atoms with Gasteiger partial charge in [0.15, 0.2) is 11.5 Å². The number of carbonyl (C=O) groups is 1. The first-order valence-corrected chi connectivity index (χ1v) is 6.80. The van der Waals surface area contributed by atoms with E-state index in [2.05, 4.69) is 17.2 Å². The number of oxazole rings is 1. The van der Waals surface area contributed by atoms with E-state index in [-0.39, 0.29) is 11.8 Å². The molecule has 1 aromatic carbocycles. The summed E-state index contributed by atoms with van der Waals surface area (Å²) in [5, 5.41) is 2.88. The Hall–Kier alpha value is -1.84. The molecule has 0 unspecified atom stereocenters. The second kappa shape index (κ2) is 5.87. The number of aromatic nitrogens is 1. The van der Waals surface area contributed by atoms with Crippen molar-refractivity contribution in [1.82, 2.24) is 4.98 Å². The van der Waals surface area contributed by atoms with Gasteiger partial charge < -0.3 is 9.73 Å². The molecule has 2 aromatic rings. The number of nitrogens with one attached hydrogen (secondary N) is 1. The molecule has 102 valence electrons. The highest BCUT2D eigenvalue weighted by atomic mass is 16.3. The molecule has 2 rings (SSSR count). The number of rotatable bonds is 5. The van der Waals surface area contributed by atoms with Crippen LogP contribution in [0, 0.1) is 0 Å². The number of amides is 1. The number of carbonyl (C=O) groups excluding carboxylic acids is 1. The van der Waals surface area contributed by atoms with E-state index in [9.17, 15) is 4.79 Å². The van der Waals surface area contributed by atoms with Gasteiger partial charge in [0.2, 0.25) is 5.91 Å². The van der Waals surface area contributed by atoms with Crippen molar-refractivity contribution in [1.29, 1.82) is 0 Å². The summed E-state index contributed by atoms with van der Waals surface area (Å²) >= 11 is 0. The fourth-order valence-corrected chi connectivity index (χ4v) is 1.83. The van der Waals surface area contributed by atoms with E-state index in [1.54, 1.807) is 0 Å². The molecule has 0 aliphatic heterocycles. The van der Waals surface area contributed by atoms with Crippen LogP contribution in [0.3, 0.4) is 0 Å². The topological polar surface area (TPSA) is 55.1 Å². The number of hydrogen-bond donors (Lipinski definition) is 1. The van der Waals surface area contributed by atoms with Crippen molar-refractivity contribution in [3.63, 3.8) is 0 Å². The second-order valence-electron chi connectivity index (χ2n) is 5.04. The van der Waals surface area contributed by atoms with Crippen LogP contribution in [0.15, 0.2) is 22.6 Å². The first-order chi connectivity index (χ1) is 9.10. The largest absolute Gasteiger partial charge is 0.440 e. The maximum atomic E-state index is 11.7. The van der Waals surface area contributed by atoms with Gasteiger partial charge in [-0.25, -0.2) is 4.98 Å². The normalized spacial score (nSPS) is 11.2. The zero-order valence-corrected chi connectivity index (χ0v) is 11.7. The lowest BCUT2D eigenvalue weighted by molar-refractivity contribution is -0.116. The summed E-state index contributed by atoms with van der Waals surface area (Å²) in [6.45, 7) is 6.15. The van der Waals surface area contributed by atoms with Crippen molar-refractivity contribution in [2.75, 3.05) is 5.32 Å². The molecule has 0 radical (unpaired) electrons. The maximum absolute atomic E-state index is 11.7. The molecule has 0 fully saturated rings. The molecule has 4 nitrogen and oxygen atoms in total. The summed E-state index contributed by atoms with van der Waals surface area (Å²) in [5.74, 6) is 1.03. The van der Waals surface area contributed by atoms with E-state index in [4.69, 9.17) is 4.42 Å². The van der Waals surface area contributed by atoms with Crippen LogP contribution >= 0.6 is 0 Å². The van der Waals surface area contributed by atoms with Gasteiger partial charge >= 0.3 is 0 Å². The highest BCUT2D eigenvalue weighted by Crippen LogP contribution is 2.23. The van der Waals surface area contributed by atoms with Gasteiger partial charge in [-0.15, -0.1) is 0 Å². The lowest BCUT2D eigenvalue weighted by atomic mass is 10.2. The Balaban J connectivity index is 2.14. The molecule has 0 atom stereocenters. The van der Waals surface area contributed by atoms with Crippen LogP contribution in [0.5, 0.6) is 0 Å². The van der Waals surface area contributed by atoms with Crippen molar-refractivity contribution in [2.24, 2.45) is 0 Å². The highest BCUT2D eigenvalue weighted by Gasteiger charge is 2.10. The highest BCUT2D eigenvalue weighted by molar-refractivity contribution is 5.92. The Morgan fingerprint density at radius 1 is 1.42 bits per heavy atom. The summed E-state index contributed by atoms with van der Waals surface area (Å²) in [6.07, 6.45) is 2.49. The number of fused-ring (bicyclic) bond motifs is 1. The van der Waals surface area contributed by atoms with Crippen LogP contribution in [0.4, 0.5) is 5.69 Å². The van der Waals surface area contributed by atoms with Gasteiger partial charge in [0.25, 0.3) is 0 Å². The molecular weight excluding hydrogens is 240 g/mol. The van der Waals surface area contributed by atoms with E-state index >= 15 is 0 Å². The van der Waals surface area contributed by atoms with Gasteiger partial charge in [-0.3, -0.25) is 4.79 Å². The van der Waals surface area contributed by atoms with E-state index in [0.29, 0.717) is 6.42 Å². The molecule has 1 N–H and O–H groups in total. The summed E-state index contributed by atoms with van der Waals surface area (Å²) in [7, 11) is 0. The standard InChI is InChI=1S/C15H20N2O2/c1-4-5-6-14(18)16-11-7-8-12-13(9-11)19-15(17-12)10(2)3/h7-10H,4-6H2,1-3H3,(H,16,18). The van der Waals surface area contributed by atoms with Crippen LogP contribution in [0.1, 0.15) is 51.8 Å². The predicted molar refractivity (Wildman–Crippen MR) is 76.3 cm³/mol. The molecular formula is C15H20N2O2. The third-order valence-corrected chi connectivity index (χ3v) is 2.94. The number of benzene rings is 1. The van der Waals surface area contributed by atoms with Gasteiger partial charge in [0.1, 0.15) is 5.52 Å². The Morgan fingerprint density at radius 3 is 2.89 bits per heavy atom. The Labute approximate surface area is 113 Å². The fraction of sp³-hybridized carbons (Fsp3) is 0.467. The molecule has 0 aliphatic carbocycles. The number of nitrogens with zero attached hydrogens (tertiary/aromatic N) is 1. The van der Waals surface area contributed by atoms with Gasteiger partial charge in [-0.2, -0.15) is 0 Å². The molecule has 0 aliphatic rings. The van der Waals surface area contributed by atoms with Crippen molar-refractivity contribution >= 4 is 22.7 Å². The number of hydrogen-bond acceptors (Lipinski definition) is 3. The van der Waals surface area contributed by atoms with Crippen molar-refractivity contribution in [3.8, 4) is 0 Å². The first kappa shape index (κ1) is 13.6. The molecule has 0 bridgehead atoms. The van der Waals surface area contributed by atoms with Crippen LogP contribution in [-0.2, 0) is 4.79 Å². The average molecular weight is 260 g/mol. The molecule has 1 amide bonds. The van der Waals surface area contributed by atoms with Crippen LogP contribution in [-0.4, -0.2) is 10.9 Å². The second-order valence-corrected chi connectivity index (χ2v) is 5.04. The molecule has 0 saturated carbocycles. The quantitative estimate of drug-likeness (QED) is 0.881. The summed E-state index contributed by atoms with van der Waals surface area (Å²) in [4.78, 5) is 16.1. The van der Waals surface area contributed by atoms with Crippen LogP contribution < -0.4 is 5.32 Å². The van der Waals surface area contributed by atoms with Crippen LogP contribution in [0.2, 0.25) is 0 Å². The lowest BCUT2D eigenvalue weighted by Gasteiger charge is -2.03. The van der Waals surface area contributed by atoms with Crippen molar-refractivity contribution in [2.45, 2.75) is 46.0 Å². The van der Waals surface area contributed by atoms with Gasteiger partial charge in [-0.05, 0) is 18.6 Å². The van der Waals surface area contributed by atoms with Gasteiger partial charge in [-0.1, -0.05) is 27.2 Å². The third kappa shape index (κ3) is 3.34. The first-order valence-electron chi connectivity index (χ1n) is 6.80. The number of anilines is 1. The molecule has 0 saturated heterocycles.